The maximum Gasteiger partial charge on any atom is 0.247 e. The number of hydrogen-bond donors (Lipinski definition) is 1. The van der Waals surface area contributed by atoms with E-state index in [0.717, 1.165) is 5.56 Å². The number of carbonyl (C=O) groups excluding carboxylic acids is 1. The van der Waals surface area contributed by atoms with Crippen LogP contribution in [-0.2, 0) is 4.79 Å². The van der Waals surface area contributed by atoms with E-state index in [2.05, 4.69) is 11.9 Å². The van der Waals surface area contributed by atoms with Crippen molar-refractivity contribution in [3.05, 3.63) is 42.0 Å². The van der Waals surface area contributed by atoms with Crippen molar-refractivity contribution in [2.75, 3.05) is 5.32 Å². The molecular weight excluding hydrogens is 176 g/mol. The molecule has 3 heteroatoms. The van der Waals surface area contributed by atoms with Crippen molar-refractivity contribution in [2.24, 2.45) is 0 Å². The monoisotopic (exact) mass is 186 g/mol. The Morgan fingerprint density at radius 1 is 1.57 bits per heavy atom. The van der Waals surface area contributed by atoms with Crippen LogP contribution in [0.15, 0.2) is 30.9 Å². The quantitative estimate of drug-likeness (QED) is 0.718. The van der Waals surface area contributed by atoms with Crippen LogP contribution in [0.1, 0.15) is 11.1 Å². The van der Waals surface area contributed by atoms with Gasteiger partial charge in [-0.3, -0.25) is 4.79 Å². The van der Waals surface area contributed by atoms with Crippen LogP contribution in [0.3, 0.4) is 0 Å². The number of nitrogens with zero attached hydrogens (tertiary/aromatic N) is 1. The van der Waals surface area contributed by atoms with Crippen molar-refractivity contribution in [2.45, 2.75) is 6.92 Å². The van der Waals surface area contributed by atoms with Crippen LogP contribution in [0.2, 0.25) is 0 Å². The van der Waals surface area contributed by atoms with Gasteiger partial charge >= 0.3 is 0 Å². The van der Waals surface area contributed by atoms with E-state index in [1.807, 2.05) is 13.0 Å². The predicted molar refractivity (Wildman–Crippen MR) is 54.7 cm³/mol. The summed E-state index contributed by atoms with van der Waals surface area (Å²) < 4.78 is 0. The number of hydrogen-bond acceptors (Lipinski definition) is 2. The van der Waals surface area contributed by atoms with Crippen molar-refractivity contribution in [1.82, 2.24) is 0 Å². The molecule has 1 amide bonds. The lowest BCUT2D eigenvalue weighted by Gasteiger charge is -2.03. The third kappa shape index (κ3) is 2.46. The summed E-state index contributed by atoms with van der Waals surface area (Å²) in [4.78, 5) is 11.0. The maximum absolute atomic E-state index is 11.0. The highest BCUT2D eigenvalue weighted by Crippen LogP contribution is 2.13. The van der Waals surface area contributed by atoms with E-state index in [9.17, 15) is 4.79 Å². The van der Waals surface area contributed by atoms with Crippen LogP contribution in [0.4, 0.5) is 5.69 Å². The first kappa shape index (κ1) is 10.0. The number of aryl methyl sites for hydroxylation is 1. The van der Waals surface area contributed by atoms with E-state index in [-0.39, 0.29) is 5.91 Å². The van der Waals surface area contributed by atoms with Crippen molar-refractivity contribution < 1.29 is 4.79 Å². The molecule has 70 valence electrons. The standard InChI is InChI=1S/C11H10N2O/c1-3-11(14)13-10-5-8(2)4-9(6-10)7-12/h3-6H,1H2,2H3,(H,13,14). The highest BCUT2D eigenvalue weighted by Gasteiger charge is 2.00. The summed E-state index contributed by atoms with van der Waals surface area (Å²) in [6.07, 6.45) is 1.19. The molecule has 14 heavy (non-hydrogen) atoms. The fourth-order valence-electron chi connectivity index (χ4n) is 1.11. The van der Waals surface area contributed by atoms with Crippen LogP contribution in [0, 0.1) is 18.3 Å². The molecular formula is C11H10N2O. The van der Waals surface area contributed by atoms with E-state index >= 15 is 0 Å². The van der Waals surface area contributed by atoms with Gasteiger partial charge in [0.2, 0.25) is 5.91 Å². The Balaban J connectivity index is 2.99. The van der Waals surface area contributed by atoms with Gasteiger partial charge in [0.05, 0.1) is 11.6 Å². The molecule has 1 aromatic rings. The first-order valence-electron chi connectivity index (χ1n) is 4.11. The zero-order valence-corrected chi connectivity index (χ0v) is 7.87. The minimum Gasteiger partial charge on any atom is -0.322 e. The molecule has 1 rings (SSSR count). The second-order valence-corrected chi connectivity index (χ2v) is 2.89. The molecule has 0 bridgehead atoms. The number of carbonyl (C=O) groups is 1. The zero-order chi connectivity index (χ0) is 10.6. The summed E-state index contributed by atoms with van der Waals surface area (Å²) in [6.45, 7) is 5.21. The number of nitrogens with one attached hydrogen (secondary N) is 1. The lowest BCUT2D eigenvalue weighted by molar-refractivity contribution is -0.111. The third-order valence-electron chi connectivity index (χ3n) is 1.66. The average molecular weight is 186 g/mol. The Bertz CT molecular complexity index is 416. The Morgan fingerprint density at radius 2 is 2.29 bits per heavy atom. The van der Waals surface area contributed by atoms with E-state index in [4.69, 9.17) is 5.26 Å². The molecule has 0 aliphatic carbocycles. The van der Waals surface area contributed by atoms with Gasteiger partial charge in [-0.05, 0) is 36.8 Å². The molecule has 3 nitrogen and oxygen atoms in total. The van der Waals surface area contributed by atoms with Crippen molar-refractivity contribution in [3.63, 3.8) is 0 Å². The largest absolute Gasteiger partial charge is 0.322 e. The summed E-state index contributed by atoms with van der Waals surface area (Å²) in [5.41, 5.74) is 2.08. The number of amides is 1. The number of anilines is 1. The van der Waals surface area contributed by atoms with Crippen molar-refractivity contribution in [1.29, 1.82) is 5.26 Å². The molecule has 0 heterocycles. The van der Waals surface area contributed by atoms with Gasteiger partial charge in [-0.15, -0.1) is 0 Å². The van der Waals surface area contributed by atoms with Gasteiger partial charge in [-0.2, -0.15) is 5.26 Å². The lowest BCUT2D eigenvalue weighted by atomic mass is 10.1. The molecule has 0 unspecified atom stereocenters. The molecule has 1 N–H and O–H groups in total. The average Bonchev–Trinajstić information content (AvgIpc) is 2.16. The van der Waals surface area contributed by atoms with E-state index in [1.54, 1.807) is 18.2 Å². The molecule has 0 radical (unpaired) electrons. The Hall–Kier alpha value is -2.08. The number of nitriles is 1. The topological polar surface area (TPSA) is 52.9 Å². The van der Waals surface area contributed by atoms with Gasteiger partial charge in [-0.1, -0.05) is 6.58 Å². The predicted octanol–water partition coefficient (Wildman–Crippen LogP) is 1.99. The summed E-state index contributed by atoms with van der Waals surface area (Å²) in [6, 6.07) is 7.19. The SMILES string of the molecule is C=CC(=O)Nc1cc(C)cc(C#N)c1. The molecule has 0 saturated heterocycles. The van der Waals surface area contributed by atoms with Gasteiger partial charge in [0.25, 0.3) is 0 Å². The third-order valence-corrected chi connectivity index (χ3v) is 1.66. The summed E-state index contributed by atoms with van der Waals surface area (Å²) >= 11 is 0. The zero-order valence-electron chi connectivity index (χ0n) is 7.87. The Labute approximate surface area is 82.7 Å². The molecule has 0 aromatic heterocycles. The minimum atomic E-state index is -0.278. The first-order valence-corrected chi connectivity index (χ1v) is 4.11. The van der Waals surface area contributed by atoms with E-state index < -0.39 is 0 Å². The van der Waals surface area contributed by atoms with Gasteiger partial charge in [0.15, 0.2) is 0 Å². The second-order valence-electron chi connectivity index (χ2n) is 2.89. The van der Waals surface area contributed by atoms with Crippen LogP contribution in [0.25, 0.3) is 0 Å². The van der Waals surface area contributed by atoms with Crippen molar-refractivity contribution >= 4 is 11.6 Å². The van der Waals surface area contributed by atoms with Gasteiger partial charge in [0, 0.05) is 5.69 Å². The summed E-state index contributed by atoms with van der Waals surface area (Å²) in [5.74, 6) is -0.278. The fourth-order valence-corrected chi connectivity index (χ4v) is 1.11. The fraction of sp³-hybridized carbons (Fsp3) is 0.0909. The van der Waals surface area contributed by atoms with Gasteiger partial charge in [-0.25, -0.2) is 0 Å². The Morgan fingerprint density at radius 3 is 2.86 bits per heavy atom. The molecule has 0 fully saturated rings. The van der Waals surface area contributed by atoms with Crippen molar-refractivity contribution in [3.8, 4) is 6.07 Å². The molecule has 0 atom stereocenters. The molecule has 0 saturated carbocycles. The van der Waals surface area contributed by atoms with Gasteiger partial charge in [0.1, 0.15) is 0 Å². The van der Waals surface area contributed by atoms with Crippen LogP contribution in [0.5, 0.6) is 0 Å². The molecule has 0 spiro atoms. The summed E-state index contributed by atoms with van der Waals surface area (Å²) in [5, 5.41) is 11.3. The molecule has 1 aromatic carbocycles. The van der Waals surface area contributed by atoms with Crippen LogP contribution < -0.4 is 5.32 Å². The van der Waals surface area contributed by atoms with E-state index in [0.29, 0.717) is 11.3 Å². The second kappa shape index (κ2) is 4.24. The smallest absolute Gasteiger partial charge is 0.247 e. The summed E-state index contributed by atoms with van der Waals surface area (Å²) in [7, 11) is 0. The molecule has 0 aliphatic rings. The molecule has 0 aliphatic heterocycles. The van der Waals surface area contributed by atoms with Gasteiger partial charge < -0.3 is 5.32 Å². The first-order chi connectivity index (χ1) is 6.65. The minimum absolute atomic E-state index is 0.278. The number of rotatable bonds is 2. The normalized spacial score (nSPS) is 8.86. The van der Waals surface area contributed by atoms with E-state index in [1.165, 1.54) is 6.08 Å². The highest BCUT2D eigenvalue weighted by molar-refractivity contribution is 5.99. The Kier molecular flexibility index (Phi) is 3.03. The van der Waals surface area contributed by atoms with Crippen LogP contribution >= 0.6 is 0 Å². The maximum atomic E-state index is 11.0. The lowest BCUT2D eigenvalue weighted by Crippen LogP contribution is -2.07. The number of benzene rings is 1. The van der Waals surface area contributed by atoms with Crippen LogP contribution in [-0.4, -0.2) is 5.91 Å². The highest BCUT2D eigenvalue weighted by atomic mass is 16.1.